The monoisotopic (exact) mass is 314 g/mol. The highest BCUT2D eigenvalue weighted by atomic mass is 15.2. The molecule has 0 unspecified atom stereocenters. The van der Waals surface area contributed by atoms with Crippen molar-refractivity contribution >= 4 is 5.96 Å². The molecule has 0 amide bonds. The van der Waals surface area contributed by atoms with Gasteiger partial charge in [0.15, 0.2) is 5.96 Å². The molecule has 0 spiro atoms. The second-order valence-corrected chi connectivity index (χ2v) is 6.37. The molecule has 2 N–H and O–H groups in total. The Balaban J connectivity index is 1.85. The van der Waals surface area contributed by atoms with Crippen molar-refractivity contribution in [3.8, 4) is 0 Å². The molecule has 0 aromatic heterocycles. The number of nitrogens with one attached hydrogen (secondary N) is 2. The van der Waals surface area contributed by atoms with Crippen LogP contribution in [0.4, 0.5) is 0 Å². The summed E-state index contributed by atoms with van der Waals surface area (Å²) in [5.74, 6) is 1.69. The van der Waals surface area contributed by atoms with Gasteiger partial charge in [-0.2, -0.15) is 0 Å². The normalized spacial score (nSPS) is 17.0. The fraction of sp³-hybridized carbons (Fsp3) is 0.526. The third kappa shape index (κ3) is 6.06. The van der Waals surface area contributed by atoms with Crippen LogP contribution in [-0.2, 0) is 13.1 Å². The molecule has 0 aliphatic carbocycles. The molecule has 1 aliphatic heterocycles. The first kappa shape index (κ1) is 17.5. The zero-order valence-corrected chi connectivity index (χ0v) is 14.5. The van der Waals surface area contributed by atoms with E-state index < -0.39 is 0 Å². The second kappa shape index (κ2) is 9.36. The van der Waals surface area contributed by atoms with E-state index in [4.69, 9.17) is 0 Å². The second-order valence-electron chi connectivity index (χ2n) is 6.37. The molecule has 23 heavy (non-hydrogen) atoms. The maximum absolute atomic E-state index is 4.20. The maximum Gasteiger partial charge on any atom is 0.191 e. The summed E-state index contributed by atoms with van der Waals surface area (Å²) in [5.41, 5.74) is 2.68. The molecular formula is C19H30N4. The Morgan fingerprint density at radius 1 is 1.30 bits per heavy atom. The third-order valence-electron chi connectivity index (χ3n) is 4.37. The van der Waals surface area contributed by atoms with Crippen molar-refractivity contribution in [3.63, 3.8) is 0 Å². The van der Waals surface area contributed by atoms with Crippen molar-refractivity contribution in [3.05, 3.63) is 48.0 Å². The summed E-state index contributed by atoms with van der Waals surface area (Å²) in [6, 6.07) is 8.84. The summed E-state index contributed by atoms with van der Waals surface area (Å²) in [7, 11) is 1.78. The van der Waals surface area contributed by atoms with E-state index in [9.17, 15) is 0 Å². The molecule has 1 aromatic carbocycles. The quantitative estimate of drug-likeness (QED) is 0.482. The number of nitrogens with zero attached hydrogens (tertiary/aromatic N) is 2. The molecule has 1 fully saturated rings. The number of benzene rings is 1. The molecule has 4 heteroatoms. The number of hydrogen-bond acceptors (Lipinski definition) is 2. The summed E-state index contributed by atoms with van der Waals surface area (Å²) >= 11 is 0. The van der Waals surface area contributed by atoms with Crippen molar-refractivity contribution in [2.75, 3.05) is 26.7 Å². The maximum atomic E-state index is 4.20. The van der Waals surface area contributed by atoms with Crippen LogP contribution in [0.1, 0.15) is 30.9 Å². The van der Waals surface area contributed by atoms with E-state index in [1.807, 2.05) is 6.08 Å². The van der Waals surface area contributed by atoms with E-state index in [1.54, 1.807) is 7.05 Å². The van der Waals surface area contributed by atoms with Crippen molar-refractivity contribution < 1.29 is 0 Å². The first-order chi connectivity index (χ1) is 11.2. The zero-order valence-electron chi connectivity index (χ0n) is 14.5. The van der Waals surface area contributed by atoms with Crippen molar-refractivity contribution in [1.29, 1.82) is 0 Å². The molecule has 4 nitrogen and oxygen atoms in total. The Hall–Kier alpha value is -1.81. The number of piperidine rings is 1. The van der Waals surface area contributed by atoms with Gasteiger partial charge in [0, 0.05) is 26.7 Å². The molecule has 1 saturated heterocycles. The van der Waals surface area contributed by atoms with Gasteiger partial charge in [0.1, 0.15) is 0 Å². The minimum absolute atomic E-state index is 0.715. The fourth-order valence-corrected chi connectivity index (χ4v) is 2.89. The Labute approximate surface area is 140 Å². The van der Waals surface area contributed by atoms with Crippen molar-refractivity contribution in [2.45, 2.75) is 32.9 Å². The summed E-state index contributed by atoms with van der Waals surface area (Å²) in [6.07, 6.45) is 4.48. The van der Waals surface area contributed by atoms with Gasteiger partial charge in [-0.1, -0.05) is 37.3 Å². The molecular weight excluding hydrogens is 284 g/mol. The molecule has 2 rings (SSSR count). The number of likely N-dealkylation sites (tertiary alicyclic amines) is 1. The molecule has 0 atom stereocenters. The molecule has 1 aromatic rings. The lowest BCUT2D eigenvalue weighted by Crippen LogP contribution is -2.36. The predicted octanol–water partition coefficient (Wildman–Crippen LogP) is 2.77. The fourth-order valence-electron chi connectivity index (χ4n) is 2.89. The molecule has 0 radical (unpaired) electrons. The molecule has 1 heterocycles. The number of aliphatic imine (C=N–C) groups is 1. The third-order valence-corrected chi connectivity index (χ3v) is 4.37. The zero-order chi connectivity index (χ0) is 16.5. The van der Waals surface area contributed by atoms with Crippen LogP contribution >= 0.6 is 0 Å². The Kier molecular flexibility index (Phi) is 7.14. The lowest BCUT2D eigenvalue weighted by molar-refractivity contribution is 0.185. The van der Waals surface area contributed by atoms with E-state index in [2.05, 4.69) is 58.3 Å². The number of hydrogen-bond donors (Lipinski definition) is 2. The summed E-state index contributed by atoms with van der Waals surface area (Å²) in [5, 5.41) is 6.52. The van der Waals surface area contributed by atoms with Gasteiger partial charge in [0.25, 0.3) is 0 Å². The van der Waals surface area contributed by atoms with Crippen LogP contribution in [0.5, 0.6) is 0 Å². The minimum Gasteiger partial charge on any atom is -0.353 e. The van der Waals surface area contributed by atoms with Crippen LogP contribution in [0.2, 0.25) is 0 Å². The van der Waals surface area contributed by atoms with Crippen LogP contribution in [0.25, 0.3) is 0 Å². The summed E-state index contributed by atoms with van der Waals surface area (Å²) in [4.78, 5) is 6.77. The van der Waals surface area contributed by atoms with Gasteiger partial charge in [-0.25, -0.2) is 0 Å². The highest BCUT2D eigenvalue weighted by Crippen LogP contribution is 2.18. The van der Waals surface area contributed by atoms with Crippen LogP contribution in [0.15, 0.2) is 41.9 Å². The topological polar surface area (TPSA) is 39.7 Å². The molecule has 0 bridgehead atoms. The average Bonchev–Trinajstić information content (AvgIpc) is 2.57. The lowest BCUT2D eigenvalue weighted by atomic mass is 9.98. The number of guanidine groups is 1. The van der Waals surface area contributed by atoms with E-state index in [-0.39, 0.29) is 0 Å². The van der Waals surface area contributed by atoms with Gasteiger partial charge >= 0.3 is 0 Å². The smallest absolute Gasteiger partial charge is 0.191 e. The largest absolute Gasteiger partial charge is 0.353 e. The molecule has 0 saturated carbocycles. The van der Waals surface area contributed by atoms with Crippen molar-refractivity contribution in [1.82, 2.24) is 15.5 Å². The molecule has 1 aliphatic rings. The highest BCUT2D eigenvalue weighted by Gasteiger charge is 2.15. The van der Waals surface area contributed by atoms with Crippen LogP contribution in [0, 0.1) is 5.92 Å². The van der Waals surface area contributed by atoms with Gasteiger partial charge in [0.2, 0.25) is 0 Å². The van der Waals surface area contributed by atoms with Crippen LogP contribution in [0.3, 0.4) is 0 Å². The predicted molar refractivity (Wildman–Crippen MR) is 98.5 cm³/mol. The minimum atomic E-state index is 0.715. The van der Waals surface area contributed by atoms with Gasteiger partial charge in [-0.3, -0.25) is 9.89 Å². The van der Waals surface area contributed by atoms with Gasteiger partial charge < -0.3 is 10.6 Å². The Morgan fingerprint density at radius 2 is 2.04 bits per heavy atom. The van der Waals surface area contributed by atoms with Crippen LogP contribution < -0.4 is 10.6 Å². The van der Waals surface area contributed by atoms with Crippen molar-refractivity contribution in [2.24, 2.45) is 10.9 Å². The Bertz CT molecular complexity index is 516. The Morgan fingerprint density at radius 3 is 2.74 bits per heavy atom. The first-order valence-electron chi connectivity index (χ1n) is 8.57. The van der Waals surface area contributed by atoms with E-state index in [0.29, 0.717) is 6.54 Å². The standard InChI is InChI=1S/C19H30N4/c1-4-10-21-19(20-3)22-14-17-6-5-7-18(13-17)15-23-11-8-16(2)9-12-23/h4-7,13,16H,1,8-12,14-15H2,2-3H3,(H2,20,21,22). The van der Waals surface area contributed by atoms with E-state index in [1.165, 1.54) is 37.1 Å². The van der Waals surface area contributed by atoms with Gasteiger partial charge in [0.05, 0.1) is 0 Å². The SMILES string of the molecule is C=CCNC(=NC)NCc1cccc(CN2CCC(C)CC2)c1. The summed E-state index contributed by atoms with van der Waals surface area (Å²) in [6.45, 7) is 11.1. The highest BCUT2D eigenvalue weighted by molar-refractivity contribution is 5.79. The lowest BCUT2D eigenvalue weighted by Gasteiger charge is -2.30. The van der Waals surface area contributed by atoms with Gasteiger partial charge in [-0.05, 0) is 43.0 Å². The summed E-state index contributed by atoms with van der Waals surface area (Å²) < 4.78 is 0. The van der Waals surface area contributed by atoms with E-state index >= 15 is 0 Å². The first-order valence-corrected chi connectivity index (χ1v) is 8.57. The number of rotatable bonds is 6. The molecule has 126 valence electrons. The average molecular weight is 314 g/mol. The van der Waals surface area contributed by atoms with Gasteiger partial charge in [-0.15, -0.1) is 6.58 Å². The van der Waals surface area contributed by atoms with E-state index in [0.717, 1.165) is 25.0 Å². The van der Waals surface area contributed by atoms with Crippen LogP contribution in [-0.4, -0.2) is 37.5 Å².